The molecule has 2 aliphatic rings. The Hall–Kier alpha value is -0.860. The molecule has 0 radical (unpaired) electrons. The maximum Gasteiger partial charge on any atom is 0.281 e. The minimum atomic E-state index is -0.817. The first-order valence-corrected chi connectivity index (χ1v) is 6.60. The molecule has 1 aliphatic heterocycles. The second-order valence-corrected chi connectivity index (χ2v) is 5.99. The summed E-state index contributed by atoms with van der Waals surface area (Å²) >= 11 is 0. The fourth-order valence-corrected chi connectivity index (χ4v) is 3.77. The lowest BCUT2D eigenvalue weighted by Gasteiger charge is -2.56. The molecule has 0 bridgehead atoms. The lowest BCUT2D eigenvalue weighted by atomic mass is 9.53. The zero-order valence-corrected chi connectivity index (χ0v) is 10.8. The number of hydrogen-bond acceptors (Lipinski definition) is 1. The number of halogens is 1. The fourth-order valence-electron chi connectivity index (χ4n) is 3.77. The second-order valence-electron chi connectivity index (χ2n) is 5.99. The quantitative estimate of drug-likeness (QED) is 0.678. The Morgan fingerprint density at radius 1 is 1.47 bits per heavy atom. The van der Waals surface area contributed by atoms with Crippen LogP contribution in [0, 0.1) is 17.3 Å². The first kappa shape index (κ1) is 12.6. The van der Waals surface area contributed by atoms with E-state index in [2.05, 4.69) is 20.4 Å². The molecule has 0 N–H and O–H groups in total. The van der Waals surface area contributed by atoms with Crippen LogP contribution in [0.1, 0.15) is 39.5 Å². The van der Waals surface area contributed by atoms with E-state index in [0.29, 0.717) is 18.4 Å². The molecule has 2 atom stereocenters. The monoisotopic (exact) mass is 239 g/mol. The summed E-state index contributed by atoms with van der Waals surface area (Å²) in [5, 5.41) is 0. The van der Waals surface area contributed by atoms with Crippen LogP contribution < -0.4 is 0 Å². The van der Waals surface area contributed by atoms with Crippen LogP contribution in [0.25, 0.3) is 0 Å². The lowest BCUT2D eigenvalue weighted by molar-refractivity contribution is -0.138. The van der Waals surface area contributed by atoms with Gasteiger partial charge in [0.05, 0.1) is 0 Å². The van der Waals surface area contributed by atoms with Gasteiger partial charge in [0.2, 0.25) is 0 Å². The van der Waals surface area contributed by atoms with Gasteiger partial charge in [0, 0.05) is 13.1 Å². The third-order valence-electron chi connectivity index (χ3n) is 4.67. The van der Waals surface area contributed by atoms with Gasteiger partial charge in [0.25, 0.3) is 5.91 Å². The van der Waals surface area contributed by atoms with Crippen molar-refractivity contribution in [1.82, 2.24) is 4.90 Å². The molecule has 2 unspecified atom stereocenters. The summed E-state index contributed by atoms with van der Waals surface area (Å²) in [5.41, 5.74) is 0.275. The van der Waals surface area contributed by atoms with Crippen molar-refractivity contribution in [3.8, 4) is 0 Å². The molecule has 2 fully saturated rings. The highest BCUT2D eigenvalue weighted by atomic mass is 19.1. The van der Waals surface area contributed by atoms with E-state index in [1.165, 1.54) is 19.3 Å². The molecule has 1 spiro atoms. The Kier molecular flexibility index (Phi) is 3.28. The Morgan fingerprint density at radius 2 is 2.18 bits per heavy atom. The number of nitrogens with zero attached hydrogens (tertiary/aromatic N) is 1. The van der Waals surface area contributed by atoms with Crippen LogP contribution in [-0.4, -0.2) is 23.9 Å². The molecule has 0 aromatic heterocycles. The molecule has 2 nitrogen and oxygen atoms in total. The topological polar surface area (TPSA) is 20.3 Å². The normalized spacial score (nSPS) is 32.7. The van der Waals surface area contributed by atoms with Crippen molar-refractivity contribution < 1.29 is 9.18 Å². The van der Waals surface area contributed by atoms with Crippen LogP contribution >= 0.6 is 0 Å². The van der Waals surface area contributed by atoms with Gasteiger partial charge in [-0.15, -0.1) is 0 Å². The SMILES string of the molecule is C=C(F)C(=O)N1CCCC2(CCC2C(C)C)C1. The van der Waals surface area contributed by atoms with Gasteiger partial charge in [0.15, 0.2) is 5.83 Å². The molecule has 17 heavy (non-hydrogen) atoms. The molecule has 0 aromatic rings. The van der Waals surface area contributed by atoms with Crippen molar-refractivity contribution in [2.24, 2.45) is 17.3 Å². The van der Waals surface area contributed by atoms with E-state index >= 15 is 0 Å². The highest BCUT2D eigenvalue weighted by Gasteiger charge is 2.50. The molecule has 1 amide bonds. The summed E-state index contributed by atoms with van der Waals surface area (Å²) in [6.07, 6.45) is 4.65. The molecule has 1 aliphatic carbocycles. The number of rotatable bonds is 2. The van der Waals surface area contributed by atoms with Gasteiger partial charge in [-0.05, 0) is 42.9 Å². The first-order chi connectivity index (χ1) is 7.96. The summed E-state index contributed by atoms with van der Waals surface area (Å²) in [6.45, 7) is 9.04. The largest absolute Gasteiger partial charge is 0.336 e. The number of amides is 1. The van der Waals surface area contributed by atoms with Crippen molar-refractivity contribution in [3.05, 3.63) is 12.4 Å². The highest BCUT2D eigenvalue weighted by Crippen LogP contribution is 2.55. The van der Waals surface area contributed by atoms with Gasteiger partial charge in [-0.25, -0.2) is 4.39 Å². The number of carbonyl (C=O) groups excluding carboxylic acids is 1. The van der Waals surface area contributed by atoms with Crippen LogP contribution in [0.15, 0.2) is 12.4 Å². The molecule has 1 saturated carbocycles. The predicted octanol–water partition coefficient (Wildman–Crippen LogP) is 3.14. The molecule has 96 valence electrons. The maximum atomic E-state index is 12.9. The Bertz CT molecular complexity index is 339. The third kappa shape index (κ3) is 2.12. The van der Waals surface area contributed by atoms with Crippen molar-refractivity contribution in [2.45, 2.75) is 39.5 Å². The summed E-state index contributed by atoms with van der Waals surface area (Å²) < 4.78 is 12.9. The molecular weight excluding hydrogens is 217 g/mol. The summed E-state index contributed by atoms with van der Waals surface area (Å²) in [6, 6.07) is 0. The Balaban J connectivity index is 2.07. The first-order valence-electron chi connectivity index (χ1n) is 6.60. The number of piperidine rings is 1. The van der Waals surface area contributed by atoms with Gasteiger partial charge in [0.1, 0.15) is 0 Å². The van der Waals surface area contributed by atoms with E-state index < -0.39 is 11.7 Å². The predicted molar refractivity (Wildman–Crippen MR) is 66.1 cm³/mol. The van der Waals surface area contributed by atoms with Crippen LogP contribution in [0.5, 0.6) is 0 Å². The Morgan fingerprint density at radius 3 is 2.65 bits per heavy atom. The molecule has 1 saturated heterocycles. The van der Waals surface area contributed by atoms with Gasteiger partial charge >= 0.3 is 0 Å². The lowest BCUT2D eigenvalue weighted by Crippen LogP contribution is -2.55. The highest BCUT2D eigenvalue weighted by molar-refractivity contribution is 5.90. The van der Waals surface area contributed by atoms with Crippen LogP contribution in [0.4, 0.5) is 4.39 Å². The summed E-state index contributed by atoms with van der Waals surface area (Å²) in [4.78, 5) is 13.3. The van der Waals surface area contributed by atoms with Crippen LogP contribution in [-0.2, 0) is 4.79 Å². The third-order valence-corrected chi connectivity index (χ3v) is 4.67. The van der Waals surface area contributed by atoms with Gasteiger partial charge in [-0.2, -0.15) is 0 Å². The average Bonchev–Trinajstić information content (AvgIpc) is 2.25. The van der Waals surface area contributed by atoms with E-state index in [-0.39, 0.29) is 5.41 Å². The smallest absolute Gasteiger partial charge is 0.281 e. The van der Waals surface area contributed by atoms with Crippen LogP contribution in [0.2, 0.25) is 0 Å². The van der Waals surface area contributed by atoms with E-state index in [9.17, 15) is 9.18 Å². The molecule has 1 heterocycles. The van der Waals surface area contributed by atoms with Gasteiger partial charge < -0.3 is 4.90 Å². The van der Waals surface area contributed by atoms with Crippen molar-refractivity contribution in [1.29, 1.82) is 0 Å². The van der Waals surface area contributed by atoms with Gasteiger partial charge in [-0.3, -0.25) is 4.79 Å². The van der Waals surface area contributed by atoms with E-state index in [4.69, 9.17) is 0 Å². The number of hydrogen-bond donors (Lipinski definition) is 0. The minimum absolute atomic E-state index is 0.275. The molecule has 2 rings (SSSR count). The van der Waals surface area contributed by atoms with Gasteiger partial charge in [-0.1, -0.05) is 20.4 Å². The van der Waals surface area contributed by atoms with E-state index in [1.807, 2.05) is 0 Å². The van der Waals surface area contributed by atoms with Crippen LogP contribution in [0.3, 0.4) is 0 Å². The summed E-state index contributed by atoms with van der Waals surface area (Å²) in [7, 11) is 0. The zero-order chi connectivity index (χ0) is 12.6. The van der Waals surface area contributed by atoms with Crippen molar-refractivity contribution >= 4 is 5.91 Å². The average molecular weight is 239 g/mol. The van der Waals surface area contributed by atoms with Crippen molar-refractivity contribution in [2.75, 3.05) is 13.1 Å². The molecule has 3 heteroatoms. The second kappa shape index (κ2) is 4.43. The maximum absolute atomic E-state index is 12.9. The van der Waals surface area contributed by atoms with Crippen molar-refractivity contribution in [3.63, 3.8) is 0 Å². The zero-order valence-electron chi connectivity index (χ0n) is 10.8. The summed E-state index contributed by atoms with van der Waals surface area (Å²) in [5.74, 6) is 0.0410. The minimum Gasteiger partial charge on any atom is -0.336 e. The Labute approximate surface area is 103 Å². The number of carbonyl (C=O) groups is 1. The number of likely N-dealkylation sites (tertiary alicyclic amines) is 1. The van der Waals surface area contributed by atoms with E-state index in [0.717, 1.165) is 13.0 Å². The standard InChI is InChI=1S/C14H22FNO/c1-10(2)12-5-7-14(12)6-4-8-16(9-14)13(17)11(3)15/h10,12H,3-9H2,1-2H3. The molecular formula is C14H22FNO. The fraction of sp³-hybridized carbons (Fsp3) is 0.786. The van der Waals surface area contributed by atoms with E-state index in [1.54, 1.807) is 4.90 Å². The molecule has 0 aromatic carbocycles.